The molecule has 6 heterocycles. The number of anilines is 2. The Morgan fingerprint density at radius 1 is 1.12 bits per heavy atom. The maximum atomic E-state index is 15.3. The van der Waals surface area contributed by atoms with Crippen LogP contribution in [0.4, 0.5) is 20.5 Å². The van der Waals surface area contributed by atoms with Gasteiger partial charge >= 0.3 is 6.80 Å². The largest absolute Gasteiger partial charge is 0.394 e. The van der Waals surface area contributed by atoms with Crippen molar-refractivity contribution in [1.82, 2.24) is 34.1 Å². The number of aromatic amines is 1. The van der Waals surface area contributed by atoms with E-state index in [1.807, 2.05) is 0 Å². The standard InChI is InChI=1S/C21H24F2N9O8PS/c22-10-8(3-33)38-20(32-6-28-12-17(32)29-21(25)30-18(12)35)14(10)40-41(36,42)37-4-9-13(34)11(23)19(39-9)31-2-1-7-15(24)26-5-27-16(7)31/h1-2,5-6,8-11,13-14,19-20,33-34H,3-4H2,(H,36,42)(H2,24,26,27)(H3,25,29,30,35)/t8-,9-,10-,11+,13-,14-,19-,20-,41-/m1/s1. The Hall–Kier alpha value is -3.23. The van der Waals surface area contributed by atoms with Crippen molar-refractivity contribution in [2.24, 2.45) is 0 Å². The number of nitrogens with two attached hydrogens (primary N) is 2. The molecule has 2 fully saturated rings. The molecule has 2 saturated heterocycles. The van der Waals surface area contributed by atoms with Crippen molar-refractivity contribution in [2.45, 2.75) is 49.2 Å². The molecule has 0 saturated carbocycles. The maximum Gasteiger partial charge on any atom is 0.386 e. The molecule has 0 unspecified atom stereocenters. The van der Waals surface area contributed by atoms with E-state index in [2.05, 4.69) is 37.2 Å². The zero-order chi connectivity index (χ0) is 29.9. The molecule has 0 radical (unpaired) electrons. The highest BCUT2D eigenvalue weighted by Crippen LogP contribution is 2.57. The summed E-state index contributed by atoms with van der Waals surface area (Å²) in [7, 11) is 0. The van der Waals surface area contributed by atoms with Crippen molar-refractivity contribution >= 4 is 53.0 Å². The van der Waals surface area contributed by atoms with E-state index in [-0.39, 0.29) is 28.6 Å². The van der Waals surface area contributed by atoms with Gasteiger partial charge in [0.2, 0.25) is 5.95 Å². The first-order valence-corrected chi connectivity index (χ1v) is 15.0. The summed E-state index contributed by atoms with van der Waals surface area (Å²) < 4.78 is 68.0. The molecule has 0 aromatic carbocycles. The normalized spacial score (nSPS) is 31.3. The Morgan fingerprint density at radius 2 is 1.88 bits per heavy atom. The molecular formula is C21H24F2N9O8PS. The van der Waals surface area contributed by atoms with Crippen LogP contribution < -0.4 is 17.0 Å². The summed E-state index contributed by atoms with van der Waals surface area (Å²) in [6.45, 7) is -5.92. The van der Waals surface area contributed by atoms with E-state index in [9.17, 15) is 19.6 Å². The minimum absolute atomic E-state index is 0.0948. The van der Waals surface area contributed by atoms with Crippen molar-refractivity contribution in [3.05, 3.63) is 35.3 Å². The fourth-order valence-corrected chi connectivity index (χ4v) is 6.37. The van der Waals surface area contributed by atoms with E-state index in [0.717, 1.165) is 10.9 Å². The highest BCUT2D eigenvalue weighted by Gasteiger charge is 2.51. The molecule has 0 amide bonds. The van der Waals surface area contributed by atoms with Crippen LogP contribution in [0.25, 0.3) is 22.2 Å². The average Bonchev–Trinajstić information content (AvgIpc) is 3.69. The van der Waals surface area contributed by atoms with E-state index >= 15 is 8.78 Å². The molecule has 0 aliphatic carbocycles. The molecule has 2 aliphatic rings. The van der Waals surface area contributed by atoms with Crippen LogP contribution in [0.2, 0.25) is 0 Å². The fraction of sp³-hybridized carbons (Fsp3) is 0.476. The third-order valence-electron chi connectivity index (χ3n) is 6.93. The zero-order valence-electron chi connectivity index (χ0n) is 21.2. The first kappa shape index (κ1) is 28.9. The summed E-state index contributed by atoms with van der Waals surface area (Å²) in [6, 6.07) is 1.56. The molecule has 17 nitrogen and oxygen atoms in total. The number of aliphatic hydroxyl groups excluding tert-OH is 2. The lowest BCUT2D eigenvalue weighted by atomic mass is 10.1. The molecule has 4 aromatic rings. The number of thiol groups is 1. The number of alkyl halides is 2. The van der Waals surface area contributed by atoms with Crippen molar-refractivity contribution in [1.29, 1.82) is 0 Å². The average molecular weight is 632 g/mol. The summed E-state index contributed by atoms with van der Waals surface area (Å²) in [4.78, 5) is 30.3. The lowest BCUT2D eigenvalue weighted by Gasteiger charge is -2.25. The number of halogens is 2. The number of hydrogen-bond acceptors (Lipinski definition) is 14. The van der Waals surface area contributed by atoms with Gasteiger partial charge in [0.15, 0.2) is 36.0 Å². The van der Waals surface area contributed by atoms with Gasteiger partial charge in [0.05, 0.1) is 24.9 Å². The maximum absolute atomic E-state index is 15.3. The highest BCUT2D eigenvalue weighted by molar-refractivity contribution is 8.44. The Balaban J connectivity index is 1.19. The van der Waals surface area contributed by atoms with Gasteiger partial charge < -0.3 is 35.7 Å². The van der Waals surface area contributed by atoms with E-state index < -0.39 is 74.8 Å². The number of nitrogens with zero attached hydrogens (tertiary/aromatic N) is 6. The number of nitrogens with one attached hydrogen (secondary N) is 1. The van der Waals surface area contributed by atoms with Crippen LogP contribution in [-0.2, 0) is 23.1 Å². The molecular weight excluding hydrogens is 607 g/mol. The lowest BCUT2D eigenvalue weighted by molar-refractivity contribution is -0.0529. The number of hydrogen-bond donors (Lipinski definition) is 6. The van der Waals surface area contributed by atoms with Crippen LogP contribution in [-0.4, -0.2) is 94.2 Å². The van der Waals surface area contributed by atoms with E-state index in [0.29, 0.717) is 5.39 Å². The minimum atomic E-state index is -4.47. The van der Waals surface area contributed by atoms with Gasteiger partial charge in [0, 0.05) is 6.20 Å². The van der Waals surface area contributed by atoms with Gasteiger partial charge in [-0.15, -0.1) is 0 Å². The number of nitrogen functional groups attached to an aromatic ring is 2. The van der Waals surface area contributed by atoms with Crippen LogP contribution in [0.3, 0.4) is 0 Å². The van der Waals surface area contributed by atoms with Gasteiger partial charge in [-0.2, -0.15) is 4.98 Å². The third kappa shape index (κ3) is 4.92. The first-order chi connectivity index (χ1) is 20.0. The van der Waals surface area contributed by atoms with Crippen molar-refractivity contribution in [3.8, 4) is 0 Å². The number of H-pyrrole nitrogens is 1. The number of fused-ring (bicyclic) bond motifs is 2. The van der Waals surface area contributed by atoms with Gasteiger partial charge in [-0.3, -0.25) is 23.4 Å². The third-order valence-corrected chi connectivity index (χ3v) is 8.55. The predicted molar refractivity (Wildman–Crippen MR) is 143 cm³/mol. The number of imidazole rings is 1. The smallest absolute Gasteiger partial charge is 0.386 e. The van der Waals surface area contributed by atoms with Crippen molar-refractivity contribution < 1.29 is 42.1 Å². The predicted octanol–water partition coefficient (Wildman–Crippen LogP) is -0.00720. The lowest BCUT2D eigenvalue weighted by Crippen LogP contribution is -2.33. The summed E-state index contributed by atoms with van der Waals surface area (Å²) in [6.07, 6.45) is -9.21. The topological polar surface area (TPSA) is 241 Å². The van der Waals surface area contributed by atoms with Gasteiger partial charge in [-0.25, -0.2) is 28.3 Å². The SMILES string of the molecule is Nc1nc2c(ncn2[C@@H]2O[C@H](CO)[C@@H](F)[C@H]2O[P@](=O)(S)OC[C@H]2O[C@@H](n3ccc4c(N)ncnc43)[C@@H](F)[C@@H]2O)c(=O)[nH]1. The molecule has 42 heavy (non-hydrogen) atoms. The number of aromatic nitrogens is 7. The Morgan fingerprint density at radius 3 is 2.64 bits per heavy atom. The quantitative estimate of drug-likeness (QED) is 0.111. The van der Waals surface area contributed by atoms with Crippen LogP contribution in [0, 0.1) is 0 Å². The monoisotopic (exact) mass is 631 g/mol. The van der Waals surface area contributed by atoms with Crippen molar-refractivity contribution in [3.63, 3.8) is 0 Å². The molecule has 4 aromatic heterocycles. The molecule has 2 aliphatic heterocycles. The molecule has 0 spiro atoms. The van der Waals surface area contributed by atoms with Crippen molar-refractivity contribution in [2.75, 3.05) is 24.7 Å². The first-order valence-electron chi connectivity index (χ1n) is 12.3. The Labute approximate surface area is 238 Å². The van der Waals surface area contributed by atoms with E-state index in [4.69, 9.17) is 30.0 Å². The molecule has 7 N–H and O–H groups in total. The van der Waals surface area contributed by atoms with Gasteiger partial charge in [0.1, 0.15) is 42.2 Å². The molecule has 21 heteroatoms. The number of ether oxygens (including phenoxy) is 2. The van der Waals surface area contributed by atoms with E-state index in [1.165, 1.54) is 17.1 Å². The Kier molecular flexibility index (Phi) is 7.42. The van der Waals surface area contributed by atoms with Gasteiger partial charge in [-0.05, 0) is 6.07 Å². The van der Waals surface area contributed by atoms with Crippen LogP contribution in [0.15, 0.2) is 29.7 Å². The summed E-state index contributed by atoms with van der Waals surface area (Å²) in [5, 5.41) is 20.5. The summed E-state index contributed by atoms with van der Waals surface area (Å²) in [5.74, 6) is -0.0915. The minimum Gasteiger partial charge on any atom is -0.394 e. The summed E-state index contributed by atoms with van der Waals surface area (Å²) in [5.41, 5.74) is 10.8. The molecule has 0 bridgehead atoms. The molecule has 226 valence electrons. The van der Waals surface area contributed by atoms with Crippen LogP contribution >= 0.6 is 19.0 Å². The zero-order valence-corrected chi connectivity index (χ0v) is 23.0. The van der Waals surface area contributed by atoms with Crippen LogP contribution in [0.1, 0.15) is 12.5 Å². The second-order valence-electron chi connectivity index (χ2n) is 9.52. The number of aliphatic hydroxyl groups is 2. The van der Waals surface area contributed by atoms with Gasteiger partial charge in [0.25, 0.3) is 5.56 Å². The second-order valence-corrected chi connectivity index (χ2v) is 12.4. The summed E-state index contributed by atoms with van der Waals surface area (Å²) >= 11 is 3.92. The number of rotatable bonds is 8. The second kappa shape index (κ2) is 10.8. The molecule has 6 rings (SSSR count). The van der Waals surface area contributed by atoms with Gasteiger partial charge in [-0.1, -0.05) is 12.2 Å². The highest BCUT2D eigenvalue weighted by atomic mass is 32.7. The fourth-order valence-electron chi connectivity index (χ4n) is 4.92. The molecule has 9 atom stereocenters. The Bertz CT molecular complexity index is 1740. The van der Waals surface area contributed by atoms with Crippen LogP contribution in [0.5, 0.6) is 0 Å². The van der Waals surface area contributed by atoms with E-state index in [1.54, 1.807) is 6.07 Å².